The first-order valence-corrected chi connectivity index (χ1v) is 9.18. The van der Waals surface area contributed by atoms with Crippen LogP contribution in [0, 0.1) is 5.82 Å². The summed E-state index contributed by atoms with van der Waals surface area (Å²) in [6.07, 6.45) is 1.12. The Balaban J connectivity index is 1.60. The third-order valence-electron chi connectivity index (χ3n) is 4.81. The van der Waals surface area contributed by atoms with Crippen LogP contribution in [0.3, 0.4) is 0 Å². The minimum atomic E-state index is -0.610. The van der Waals surface area contributed by atoms with Gasteiger partial charge >= 0.3 is 0 Å². The number of carbonyl (C=O) groups is 2. The van der Waals surface area contributed by atoms with E-state index in [2.05, 4.69) is 0 Å². The Bertz CT molecular complexity index is 797. The monoisotopic (exact) mass is 369 g/mol. The van der Waals surface area contributed by atoms with E-state index in [4.69, 9.17) is 5.73 Å². The fourth-order valence-corrected chi connectivity index (χ4v) is 3.34. The Morgan fingerprint density at radius 1 is 0.926 bits per heavy atom. The maximum absolute atomic E-state index is 13.9. The van der Waals surface area contributed by atoms with Gasteiger partial charge in [0.1, 0.15) is 5.82 Å². The van der Waals surface area contributed by atoms with Crippen molar-refractivity contribution in [2.24, 2.45) is 5.73 Å². The van der Waals surface area contributed by atoms with Gasteiger partial charge in [0.05, 0.1) is 11.6 Å². The summed E-state index contributed by atoms with van der Waals surface area (Å²) in [5, 5.41) is 0. The summed E-state index contributed by atoms with van der Waals surface area (Å²) in [4.78, 5) is 28.6. The first-order chi connectivity index (χ1) is 13.1. The summed E-state index contributed by atoms with van der Waals surface area (Å²) in [5.74, 6) is -0.973. The maximum atomic E-state index is 13.9. The first kappa shape index (κ1) is 19.0. The number of benzene rings is 2. The Labute approximate surface area is 158 Å². The van der Waals surface area contributed by atoms with Crippen molar-refractivity contribution in [3.8, 4) is 0 Å². The summed E-state index contributed by atoms with van der Waals surface area (Å²) >= 11 is 0. The standard InChI is InChI=1S/C21H24FN3O2/c22-18-10-5-4-9-17(18)20(26)24-11-6-12-25(14-13-24)21(27)19(23)15-16-7-2-1-3-8-16/h1-5,7-10,19H,6,11-15,23H2/t19-/m0/s1. The van der Waals surface area contributed by atoms with Crippen molar-refractivity contribution in [1.29, 1.82) is 0 Å². The molecule has 3 rings (SSSR count). The van der Waals surface area contributed by atoms with Crippen molar-refractivity contribution < 1.29 is 14.0 Å². The summed E-state index contributed by atoms with van der Waals surface area (Å²) in [7, 11) is 0. The van der Waals surface area contributed by atoms with Crippen LogP contribution >= 0.6 is 0 Å². The maximum Gasteiger partial charge on any atom is 0.256 e. The molecule has 27 heavy (non-hydrogen) atoms. The van der Waals surface area contributed by atoms with Crippen LogP contribution in [0.25, 0.3) is 0 Å². The molecule has 6 heteroatoms. The van der Waals surface area contributed by atoms with E-state index in [1.807, 2.05) is 30.3 Å². The number of hydrogen-bond donors (Lipinski definition) is 1. The van der Waals surface area contributed by atoms with Crippen LogP contribution < -0.4 is 5.73 Å². The SMILES string of the molecule is N[C@@H](Cc1ccccc1)C(=O)N1CCCN(C(=O)c2ccccc2F)CC1. The summed E-state index contributed by atoms with van der Waals surface area (Å²) in [5.41, 5.74) is 7.20. The molecule has 0 aromatic heterocycles. The molecule has 0 bridgehead atoms. The molecule has 1 fully saturated rings. The van der Waals surface area contributed by atoms with Crippen LogP contribution in [0.15, 0.2) is 54.6 Å². The Morgan fingerprint density at radius 3 is 2.30 bits per heavy atom. The molecule has 1 atom stereocenters. The molecule has 0 radical (unpaired) electrons. The molecule has 1 aliphatic rings. The van der Waals surface area contributed by atoms with Gasteiger partial charge in [-0.25, -0.2) is 4.39 Å². The predicted molar refractivity (Wildman–Crippen MR) is 102 cm³/mol. The van der Waals surface area contributed by atoms with Crippen molar-refractivity contribution in [2.75, 3.05) is 26.2 Å². The number of nitrogens with two attached hydrogens (primary N) is 1. The van der Waals surface area contributed by atoms with Crippen LogP contribution in [0.1, 0.15) is 22.3 Å². The van der Waals surface area contributed by atoms with E-state index in [1.54, 1.807) is 21.9 Å². The van der Waals surface area contributed by atoms with Crippen LogP contribution in [-0.2, 0) is 11.2 Å². The number of carbonyl (C=O) groups excluding carboxylic acids is 2. The minimum absolute atomic E-state index is 0.0676. The van der Waals surface area contributed by atoms with Crippen LogP contribution in [-0.4, -0.2) is 53.8 Å². The van der Waals surface area contributed by atoms with E-state index in [1.165, 1.54) is 12.1 Å². The second kappa shape index (κ2) is 8.77. The van der Waals surface area contributed by atoms with Crippen LogP contribution in [0.2, 0.25) is 0 Å². The van der Waals surface area contributed by atoms with Crippen LogP contribution in [0.5, 0.6) is 0 Å². The predicted octanol–water partition coefficient (Wildman–Crippen LogP) is 2.07. The summed E-state index contributed by atoms with van der Waals surface area (Å²) in [6, 6.07) is 15.0. The molecule has 2 aromatic carbocycles. The molecule has 1 saturated heterocycles. The van der Waals surface area contributed by atoms with E-state index in [0.29, 0.717) is 39.0 Å². The number of halogens is 1. The lowest BCUT2D eigenvalue weighted by Gasteiger charge is -2.25. The zero-order valence-electron chi connectivity index (χ0n) is 15.2. The summed E-state index contributed by atoms with van der Waals surface area (Å²) < 4.78 is 13.9. The van der Waals surface area contributed by atoms with E-state index >= 15 is 0 Å². The zero-order valence-corrected chi connectivity index (χ0v) is 15.2. The highest BCUT2D eigenvalue weighted by Crippen LogP contribution is 2.13. The van der Waals surface area contributed by atoms with Gasteiger partial charge in [0.2, 0.25) is 5.91 Å². The molecule has 0 unspecified atom stereocenters. The number of amides is 2. The molecule has 2 amide bonds. The summed E-state index contributed by atoms with van der Waals surface area (Å²) in [6.45, 7) is 1.81. The first-order valence-electron chi connectivity index (χ1n) is 9.18. The van der Waals surface area contributed by atoms with Gasteiger partial charge in [-0.1, -0.05) is 42.5 Å². The fourth-order valence-electron chi connectivity index (χ4n) is 3.34. The highest BCUT2D eigenvalue weighted by Gasteiger charge is 2.26. The Morgan fingerprint density at radius 2 is 1.56 bits per heavy atom. The Hall–Kier alpha value is -2.73. The van der Waals surface area contributed by atoms with Gasteiger partial charge in [-0.15, -0.1) is 0 Å². The molecule has 1 heterocycles. The molecular formula is C21H24FN3O2. The van der Waals surface area contributed by atoms with Crippen LogP contribution in [0.4, 0.5) is 4.39 Å². The van der Waals surface area contributed by atoms with Crippen molar-refractivity contribution >= 4 is 11.8 Å². The normalized spacial score (nSPS) is 15.9. The average molecular weight is 369 g/mol. The average Bonchev–Trinajstić information content (AvgIpc) is 2.94. The second-order valence-electron chi connectivity index (χ2n) is 6.75. The van der Waals surface area contributed by atoms with Crippen molar-refractivity contribution in [1.82, 2.24) is 9.80 Å². The molecular weight excluding hydrogens is 345 g/mol. The van der Waals surface area contributed by atoms with E-state index in [9.17, 15) is 14.0 Å². The van der Waals surface area contributed by atoms with E-state index in [-0.39, 0.29) is 17.4 Å². The molecule has 0 saturated carbocycles. The zero-order chi connectivity index (χ0) is 19.2. The molecule has 0 spiro atoms. The molecule has 0 aliphatic carbocycles. The van der Waals surface area contributed by atoms with Gasteiger partial charge in [-0.3, -0.25) is 9.59 Å². The quantitative estimate of drug-likeness (QED) is 0.897. The Kier molecular flexibility index (Phi) is 6.19. The van der Waals surface area contributed by atoms with E-state index in [0.717, 1.165) is 5.56 Å². The molecule has 1 aliphatic heterocycles. The number of rotatable bonds is 4. The van der Waals surface area contributed by atoms with Gasteiger partial charge in [0.25, 0.3) is 5.91 Å². The largest absolute Gasteiger partial charge is 0.339 e. The molecule has 142 valence electrons. The van der Waals surface area contributed by atoms with Gasteiger partial charge in [-0.2, -0.15) is 0 Å². The minimum Gasteiger partial charge on any atom is -0.339 e. The fraction of sp³-hybridized carbons (Fsp3) is 0.333. The van der Waals surface area contributed by atoms with E-state index < -0.39 is 11.9 Å². The third kappa shape index (κ3) is 4.71. The van der Waals surface area contributed by atoms with Gasteiger partial charge in [-0.05, 0) is 30.5 Å². The van der Waals surface area contributed by atoms with Crippen molar-refractivity contribution in [2.45, 2.75) is 18.9 Å². The number of nitrogens with zero attached hydrogens (tertiary/aromatic N) is 2. The smallest absolute Gasteiger partial charge is 0.256 e. The lowest BCUT2D eigenvalue weighted by molar-refractivity contribution is -0.132. The molecule has 2 aromatic rings. The lowest BCUT2D eigenvalue weighted by Crippen LogP contribution is -2.46. The van der Waals surface area contributed by atoms with Crippen molar-refractivity contribution in [3.05, 3.63) is 71.5 Å². The van der Waals surface area contributed by atoms with Gasteiger partial charge < -0.3 is 15.5 Å². The topological polar surface area (TPSA) is 66.6 Å². The second-order valence-corrected chi connectivity index (χ2v) is 6.75. The third-order valence-corrected chi connectivity index (χ3v) is 4.81. The lowest BCUT2D eigenvalue weighted by atomic mass is 10.1. The highest BCUT2D eigenvalue weighted by molar-refractivity contribution is 5.94. The highest BCUT2D eigenvalue weighted by atomic mass is 19.1. The van der Waals surface area contributed by atoms with Crippen molar-refractivity contribution in [3.63, 3.8) is 0 Å². The molecule has 5 nitrogen and oxygen atoms in total. The van der Waals surface area contributed by atoms with Gasteiger partial charge in [0, 0.05) is 26.2 Å². The van der Waals surface area contributed by atoms with Gasteiger partial charge in [0.15, 0.2) is 0 Å². The molecule has 2 N–H and O–H groups in total. The number of hydrogen-bond acceptors (Lipinski definition) is 3.